The Balaban J connectivity index is 0.000000120. The molecule has 21 rings (SSSR count). The number of anilines is 8. The molecule has 4 N–H and O–H groups in total. The van der Waals surface area contributed by atoms with E-state index in [9.17, 15) is 4.39 Å². The molecule has 708 valence electrons. The Labute approximate surface area is 787 Å². The smallest absolute Gasteiger partial charge is 0.259 e. The lowest BCUT2D eigenvalue weighted by Crippen LogP contribution is -2.36. The number of methoxy groups -OCH3 is 1. The number of rotatable bonds is 26. The molecule has 4 saturated heterocycles. The van der Waals surface area contributed by atoms with Gasteiger partial charge in [0.05, 0.1) is 131 Å². The van der Waals surface area contributed by atoms with Crippen LogP contribution in [0.5, 0.6) is 28.7 Å². The van der Waals surface area contributed by atoms with E-state index in [2.05, 4.69) is 174 Å². The van der Waals surface area contributed by atoms with Crippen LogP contribution in [0.4, 0.5) is 50.7 Å². The summed E-state index contributed by atoms with van der Waals surface area (Å²) in [5.74, 6) is 6.65. The highest BCUT2D eigenvalue weighted by Gasteiger charge is 2.32. The molecule has 0 spiro atoms. The SMILES string of the molecule is CCOCCc1cnc(NC2CCC(Oc3cc(N4CCOCC4)cc4nccnc34)CC2)nc1.COc1cnc(NC2CCC(Oc3cc(N4CCOCC4)cc4nccnc34)CC2)nc1.Cc1noc(-c2ccc(NC3CCC(Oc4cc(N5CCOCC5)cc5nccnc45)CC3)nc2)n1.Fc1c(Cl)ncnc1NC1CCC(Oc2cc(N3CCOCC3)cc3nccnc23)CC1. The number of nitrogens with one attached hydrogen (secondary N) is 4. The van der Waals surface area contributed by atoms with E-state index in [4.69, 9.17) is 63.5 Å². The minimum absolute atomic E-state index is 0.0528. The van der Waals surface area contributed by atoms with Crippen LogP contribution >= 0.6 is 11.6 Å². The molecule has 36 nitrogen and oxygen atoms in total. The number of benzene rings is 4. The van der Waals surface area contributed by atoms with Crippen molar-refractivity contribution in [2.75, 3.05) is 166 Å². The van der Waals surface area contributed by atoms with Gasteiger partial charge in [-0.1, -0.05) is 16.8 Å². The van der Waals surface area contributed by atoms with Gasteiger partial charge in [-0.2, -0.15) is 9.37 Å². The summed E-state index contributed by atoms with van der Waals surface area (Å²) < 4.78 is 77.8. The van der Waals surface area contributed by atoms with Gasteiger partial charge in [0.15, 0.2) is 22.5 Å². The second-order valence-electron chi connectivity index (χ2n) is 34.5. The molecule has 0 unspecified atom stereocenters. The summed E-state index contributed by atoms with van der Waals surface area (Å²) in [5.41, 5.74) is 12.9. The second kappa shape index (κ2) is 46.0. The molecular formula is C97H115ClFN25O11. The third kappa shape index (κ3) is 24.9. The molecule has 0 radical (unpaired) electrons. The van der Waals surface area contributed by atoms with E-state index < -0.39 is 5.82 Å². The van der Waals surface area contributed by atoms with Crippen molar-refractivity contribution >= 4 is 102 Å². The average molecular weight is 1860 g/mol. The van der Waals surface area contributed by atoms with E-state index in [1.165, 1.54) is 6.33 Å². The van der Waals surface area contributed by atoms with Gasteiger partial charge in [-0.15, -0.1) is 0 Å². The minimum Gasteiger partial charge on any atom is -0.494 e. The molecule has 13 heterocycles. The molecule has 8 aliphatic rings. The number of pyridine rings is 1. The summed E-state index contributed by atoms with van der Waals surface area (Å²) in [6.45, 7) is 18.0. The van der Waals surface area contributed by atoms with Crippen LogP contribution in [-0.4, -0.2) is 259 Å². The zero-order chi connectivity index (χ0) is 91.9. The van der Waals surface area contributed by atoms with Gasteiger partial charge >= 0.3 is 0 Å². The first-order valence-electron chi connectivity index (χ1n) is 47.1. The van der Waals surface area contributed by atoms with Gasteiger partial charge < -0.3 is 92.8 Å². The Morgan fingerprint density at radius 2 is 0.770 bits per heavy atom. The molecule has 38 heteroatoms. The first kappa shape index (κ1) is 92.6. The Bertz CT molecular complexity index is 5960. The van der Waals surface area contributed by atoms with E-state index in [1.54, 1.807) is 82.2 Å². The molecule has 0 bridgehead atoms. The van der Waals surface area contributed by atoms with Crippen molar-refractivity contribution in [3.63, 3.8) is 0 Å². The largest absolute Gasteiger partial charge is 0.494 e. The van der Waals surface area contributed by atoms with Crippen LogP contribution in [0.1, 0.15) is 121 Å². The summed E-state index contributed by atoms with van der Waals surface area (Å²) in [5, 5.41) is 17.3. The number of hydrogen-bond acceptors (Lipinski definition) is 36. The fourth-order valence-corrected chi connectivity index (χ4v) is 18.3. The summed E-state index contributed by atoms with van der Waals surface area (Å²) in [6.07, 6.45) is 40.3. The van der Waals surface area contributed by atoms with Gasteiger partial charge in [0.1, 0.15) is 57.2 Å². The van der Waals surface area contributed by atoms with Crippen LogP contribution in [0.15, 0.2) is 152 Å². The van der Waals surface area contributed by atoms with Crippen molar-refractivity contribution in [1.82, 2.24) is 84.9 Å². The zero-order valence-electron chi connectivity index (χ0n) is 76.4. The molecule has 0 atom stereocenters. The maximum Gasteiger partial charge on any atom is 0.259 e. The fourth-order valence-electron chi connectivity index (χ4n) is 18.1. The normalized spacial score (nSPS) is 21.0. The van der Waals surface area contributed by atoms with Crippen molar-refractivity contribution in [2.45, 2.75) is 172 Å². The third-order valence-electron chi connectivity index (χ3n) is 25.4. The van der Waals surface area contributed by atoms with Gasteiger partial charge in [-0.25, -0.2) is 54.8 Å². The standard InChI is InChI=1S/C26H29N7O3.C26H34N6O3.C23H28N6O3.C22H24ClFN6O2/c1-17-30-26(36-32-17)18-2-7-24(29-16-18)31-19-3-5-21(6-4-19)35-23-15-20(33-10-12-34-13-11-33)14-22-25(23)28-9-8-27-22;1-2-33-12-7-19-17-29-26(30-18-19)31-20-3-5-22(6-4-20)35-24-16-21(32-10-13-34-14-11-32)15-23-25(24)28-9-8-27-23;1-30-19-14-26-23(27-15-19)28-16-2-4-18(5-3-16)32-21-13-17(29-8-10-31-11-9-29)12-20-22(21)25-7-6-24-20;23-21-19(24)22(28-13-27-21)29-14-1-3-16(4-2-14)32-18-12-15(30-7-9-31-10-8-30)11-17-20(18)26-6-5-25-17/h2,7-9,14-16,19,21H,3-6,10-13H2,1H3,(H,29,31);8-9,15-18,20,22H,2-7,10-14H2,1H3,(H,29,30,31);6-7,12-16,18H,2-5,8-11H2,1H3,(H,26,27,28);5-6,11-14,16H,1-4,7-10H2,(H,27,28,29). The van der Waals surface area contributed by atoms with Gasteiger partial charge in [0, 0.05) is 198 Å². The van der Waals surface area contributed by atoms with E-state index in [-0.39, 0.29) is 41.4 Å². The van der Waals surface area contributed by atoms with Gasteiger partial charge in [-0.05, 0) is 165 Å². The van der Waals surface area contributed by atoms with Crippen LogP contribution in [-0.2, 0) is 30.1 Å². The lowest BCUT2D eigenvalue weighted by atomic mass is 9.93. The Morgan fingerprint density at radius 1 is 0.407 bits per heavy atom. The highest BCUT2D eigenvalue weighted by molar-refractivity contribution is 6.29. The highest BCUT2D eigenvalue weighted by atomic mass is 35.5. The first-order chi connectivity index (χ1) is 66.4. The van der Waals surface area contributed by atoms with Gasteiger partial charge in [0.25, 0.3) is 5.89 Å². The minimum atomic E-state index is -0.613. The summed E-state index contributed by atoms with van der Waals surface area (Å²) in [7, 11) is 1.61. The van der Waals surface area contributed by atoms with Crippen molar-refractivity contribution in [3.05, 3.63) is 170 Å². The molecule has 135 heavy (non-hydrogen) atoms. The van der Waals surface area contributed by atoms with Crippen molar-refractivity contribution in [3.8, 4) is 40.2 Å². The maximum absolute atomic E-state index is 14.1. The Hall–Kier alpha value is -12.8. The first-order valence-corrected chi connectivity index (χ1v) is 47.5. The molecule has 9 aromatic heterocycles. The van der Waals surface area contributed by atoms with Crippen molar-refractivity contribution < 1.29 is 56.3 Å². The topological polar surface area (TPSA) is 386 Å². The van der Waals surface area contributed by atoms with Crippen LogP contribution in [0, 0.1) is 12.7 Å². The summed E-state index contributed by atoms with van der Waals surface area (Å²) >= 11 is 5.75. The number of ether oxygens (including phenoxy) is 10. The molecule has 4 aliphatic carbocycles. The predicted octanol–water partition coefficient (Wildman–Crippen LogP) is 14.6. The number of halogens is 2. The molecular weight excluding hydrogens is 1750 g/mol. The van der Waals surface area contributed by atoms with Crippen LogP contribution < -0.4 is 64.6 Å². The summed E-state index contributed by atoms with van der Waals surface area (Å²) in [6, 6.07) is 21.8. The van der Waals surface area contributed by atoms with Gasteiger partial charge in [-0.3, -0.25) is 19.9 Å². The number of fused-ring (bicyclic) bond motifs is 4. The third-order valence-corrected chi connectivity index (χ3v) is 25.7. The molecule has 0 amide bonds. The van der Waals surface area contributed by atoms with Crippen LogP contribution in [0.3, 0.4) is 0 Å². The molecule has 13 aromatic rings. The van der Waals surface area contributed by atoms with Crippen LogP contribution in [0.2, 0.25) is 5.15 Å². The van der Waals surface area contributed by atoms with Crippen molar-refractivity contribution in [2.24, 2.45) is 0 Å². The number of hydrogen-bond donors (Lipinski definition) is 4. The van der Waals surface area contributed by atoms with Gasteiger partial charge in [0.2, 0.25) is 17.7 Å². The quantitative estimate of drug-likeness (QED) is 0.0289. The molecule has 4 aliphatic heterocycles. The predicted molar refractivity (Wildman–Crippen MR) is 512 cm³/mol. The van der Waals surface area contributed by atoms with E-state index in [0.717, 1.165) is 315 Å². The fraction of sp³-hybridized carbons (Fsp3) is 0.474. The van der Waals surface area contributed by atoms with Crippen molar-refractivity contribution in [1.29, 1.82) is 0 Å². The second-order valence-corrected chi connectivity index (χ2v) is 34.9. The molecule has 8 fully saturated rings. The monoisotopic (exact) mass is 1860 g/mol. The van der Waals surface area contributed by atoms with E-state index in [1.807, 2.05) is 31.5 Å². The number of aryl methyl sites for hydroxylation is 1. The number of nitrogens with zero attached hydrogens (tertiary/aromatic N) is 21. The zero-order valence-corrected chi connectivity index (χ0v) is 77.1. The molecule has 4 saturated carbocycles. The lowest BCUT2D eigenvalue weighted by Gasteiger charge is -2.31. The average Bonchev–Trinajstić information content (AvgIpc) is 1.67. The number of morpholine rings is 4. The molecule has 4 aromatic carbocycles. The Kier molecular flexibility index (Phi) is 31.5. The number of aromatic nitrogens is 17. The highest BCUT2D eigenvalue weighted by Crippen LogP contribution is 2.40. The Morgan fingerprint density at radius 3 is 1.12 bits per heavy atom. The maximum atomic E-state index is 14.1. The summed E-state index contributed by atoms with van der Waals surface area (Å²) in [4.78, 5) is 79.6. The van der Waals surface area contributed by atoms with E-state index in [0.29, 0.717) is 67.3 Å². The van der Waals surface area contributed by atoms with Crippen LogP contribution in [0.25, 0.3) is 55.6 Å². The van der Waals surface area contributed by atoms with E-state index >= 15 is 0 Å². The lowest BCUT2D eigenvalue weighted by molar-refractivity contribution is 0.122.